The Morgan fingerprint density at radius 2 is 1.24 bits per heavy atom. The van der Waals surface area contributed by atoms with Gasteiger partial charge in [-0.2, -0.15) is 0 Å². The van der Waals surface area contributed by atoms with E-state index >= 15 is 0 Å². The number of hydrogen-bond acceptors (Lipinski definition) is 5. The van der Waals surface area contributed by atoms with Crippen molar-refractivity contribution in [2.24, 2.45) is 0 Å². The molecule has 3 aromatic heterocycles. The lowest BCUT2D eigenvalue weighted by molar-refractivity contribution is 0.660. The average Bonchev–Trinajstić information content (AvgIpc) is 3.33. The molecule has 2 aliphatic rings. The second-order valence-corrected chi connectivity index (χ2v) is 12.7. The van der Waals surface area contributed by atoms with Gasteiger partial charge in [0.1, 0.15) is 0 Å². The monoisotopic (exact) mass is 589 g/mol. The zero-order valence-electron chi connectivity index (χ0n) is 25.4. The summed E-state index contributed by atoms with van der Waals surface area (Å²) in [6, 6.07) is 42.6. The first-order chi connectivity index (χ1) is 22.6. The van der Waals surface area contributed by atoms with Crippen molar-refractivity contribution in [3.05, 3.63) is 139 Å². The fourth-order valence-corrected chi connectivity index (χ4v) is 7.67. The van der Waals surface area contributed by atoms with Crippen LogP contribution in [0.1, 0.15) is 25.0 Å². The number of anilines is 3. The first kappa shape index (κ1) is 25.4. The van der Waals surface area contributed by atoms with Crippen LogP contribution in [-0.2, 0) is 5.41 Å². The Hall–Kier alpha value is -5.94. The molecule has 8 aromatic rings. The van der Waals surface area contributed by atoms with Crippen molar-refractivity contribution in [1.29, 1.82) is 0 Å². The lowest BCUT2D eigenvalue weighted by Gasteiger charge is -2.31. The highest BCUT2D eigenvalue weighted by molar-refractivity contribution is 6.19. The van der Waals surface area contributed by atoms with Gasteiger partial charge in [0.2, 0.25) is 5.95 Å². The molecule has 5 nitrogen and oxygen atoms in total. The first-order valence-corrected chi connectivity index (χ1v) is 15.7. The maximum absolute atomic E-state index is 5.41. The summed E-state index contributed by atoms with van der Waals surface area (Å²) in [5.41, 5.74) is 11.9. The first-order valence-electron chi connectivity index (χ1n) is 15.7. The van der Waals surface area contributed by atoms with Crippen LogP contribution in [-0.4, -0.2) is 19.9 Å². The third kappa shape index (κ3) is 3.34. The number of benzene rings is 5. The molecular formula is C41H27N5. The van der Waals surface area contributed by atoms with Gasteiger partial charge in [-0.15, -0.1) is 0 Å². The minimum Gasteiger partial charge on any atom is -0.262 e. The number of para-hydroxylation sites is 3. The van der Waals surface area contributed by atoms with Crippen molar-refractivity contribution in [2.45, 2.75) is 19.3 Å². The van der Waals surface area contributed by atoms with Gasteiger partial charge in [-0.1, -0.05) is 105 Å². The van der Waals surface area contributed by atoms with Crippen LogP contribution in [0.15, 0.2) is 128 Å². The standard InChI is InChI=1S/C41H27N5/c1-41(2)31-15-7-3-11-25(31)26-20-19-24(23-32(26)41)37-29-13-5-9-17-34(29)44-40(45-37)46-35-18-10-6-14-30(35)38-36-28(21-22-42-38)27-12-4-8-16-33(27)43-39(36)46/h3-23H,1-2H3. The smallest absolute Gasteiger partial charge is 0.237 e. The maximum atomic E-state index is 5.41. The zero-order chi connectivity index (χ0) is 30.6. The van der Waals surface area contributed by atoms with Crippen LogP contribution in [0, 0.1) is 0 Å². The van der Waals surface area contributed by atoms with Gasteiger partial charge in [-0.3, -0.25) is 9.88 Å². The Kier molecular flexibility index (Phi) is 5.00. The van der Waals surface area contributed by atoms with Crippen molar-refractivity contribution in [3.63, 3.8) is 0 Å². The largest absolute Gasteiger partial charge is 0.262 e. The molecule has 0 radical (unpaired) electrons. The summed E-state index contributed by atoms with van der Waals surface area (Å²) in [7, 11) is 0. The Bertz CT molecular complexity index is 2590. The third-order valence-corrected chi connectivity index (χ3v) is 9.86. The summed E-state index contributed by atoms with van der Waals surface area (Å²) in [6.07, 6.45) is 1.90. The molecule has 5 aromatic carbocycles. The molecule has 0 saturated carbocycles. The van der Waals surface area contributed by atoms with E-state index in [2.05, 4.69) is 128 Å². The molecule has 0 spiro atoms. The molecule has 4 heterocycles. The Balaban J connectivity index is 1.26. The van der Waals surface area contributed by atoms with Crippen LogP contribution in [0.25, 0.3) is 66.2 Å². The molecule has 0 N–H and O–H groups in total. The molecule has 1 aliphatic heterocycles. The minimum atomic E-state index is -0.114. The quantitative estimate of drug-likeness (QED) is 0.188. The number of rotatable bonds is 2. The van der Waals surface area contributed by atoms with E-state index in [1.807, 2.05) is 18.3 Å². The topological polar surface area (TPSA) is 54.8 Å². The van der Waals surface area contributed by atoms with Crippen molar-refractivity contribution >= 4 is 50.0 Å². The van der Waals surface area contributed by atoms with Crippen LogP contribution in [0.5, 0.6) is 0 Å². The lowest BCUT2D eigenvalue weighted by atomic mass is 9.82. The fraction of sp³-hybridized carbons (Fsp3) is 0.0732. The normalized spacial score (nSPS) is 14.0. The summed E-state index contributed by atoms with van der Waals surface area (Å²) in [6.45, 7) is 4.63. The molecule has 216 valence electrons. The predicted molar refractivity (Wildman–Crippen MR) is 187 cm³/mol. The van der Waals surface area contributed by atoms with Crippen molar-refractivity contribution in [1.82, 2.24) is 19.9 Å². The summed E-state index contributed by atoms with van der Waals surface area (Å²) in [4.78, 5) is 22.9. The molecule has 1 aliphatic carbocycles. The van der Waals surface area contributed by atoms with E-state index in [1.165, 1.54) is 22.3 Å². The van der Waals surface area contributed by atoms with Gasteiger partial charge in [-0.25, -0.2) is 15.0 Å². The average molecular weight is 590 g/mol. The van der Waals surface area contributed by atoms with E-state index in [4.69, 9.17) is 19.9 Å². The Morgan fingerprint density at radius 1 is 0.543 bits per heavy atom. The maximum Gasteiger partial charge on any atom is 0.237 e. The number of pyridine rings is 2. The fourth-order valence-electron chi connectivity index (χ4n) is 7.67. The van der Waals surface area contributed by atoms with Gasteiger partial charge in [-0.05, 0) is 58.0 Å². The number of aromatic nitrogens is 4. The predicted octanol–water partition coefficient (Wildman–Crippen LogP) is 10.1. The van der Waals surface area contributed by atoms with Gasteiger partial charge in [0.05, 0.1) is 33.5 Å². The van der Waals surface area contributed by atoms with Crippen LogP contribution < -0.4 is 4.90 Å². The van der Waals surface area contributed by atoms with Crippen LogP contribution in [0.3, 0.4) is 0 Å². The number of nitrogens with zero attached hydrogens (tertiary/aromatic N) is 5. The molecule has 0 bridgehead atoms. The van der Waals surface area contributed by atoms with E-state index in [1.54, 1.807) is 0 Å². The lowest BCUT2D eigenvalue weighted by Crippen LogP contribution is -2.20. The molecule has 10 rings (SSSR count). The van der Waals surface area contributed by atoms with Crippen LogP contribution >= 0.6 is 0 Å². The molecule has 0 amide bonds. The van der Waals surface area contributed by atoms with Gasteiger partial charge >= 0.3 is 0 Å². The van der Waals surface area contributed by atoms with E-state index in [0.29, 0.717) is 5.95 Å². The van der Waals surface area contributed by atoms with Crippen LogP contribution in [0.2, 0.25) is 0 Å². The summed E-state index contributed by atoms with van der Waals surface area (Å²) < 4.78 is 0. The highest BCUT2D eigenvalue weighted by Gasteiger charge is 2.36. The van der Waals surface area contributed by atoms with Crippen molar-refractivity contribution in [2.75, 3.05) is 4.90 Å². The number of hydrogen-bond donors (Lipinski definition) is 0. The van der Waals surface area contributed by atoms with E-state index < -0.39 is 0 Å². The minimum absolute atomic E-state index is 0.114. The third-order valence-electron chi connectivity index (χ3n) is 9.86. The van der Waals surface area contributed by atoms with Crippen LogP contribution in [0.4, 0.5) is 17.5 Å². The highest BCUT2D eigenvalue weighted by atomic mass is 15.3. The molecule has 0 atom stereocenters. The van der Waals surface area contributed by atoms with Gasteiger partial charge in [0.15, 0.2) is 5.82 Å². The van der Waals surface area contributed by atoms with E-state index in [-0.39, 0.29) is 5.41 Å². The van der Waals surface area contributed by atoms with Gasteiger partial charge < -0.3 is 0 Å². The highest BCUT2D eigenvalue weighted by Crippen LogP contribution is 2.52. The summed E-state index contributed by atoms with van der Waals surface area (Å²) in [5.74, 6) is 1.38. The molecule has 0 unspecified atom stereocenters. The van der Waals surface area contributed by atoms with E-state index in [9.17, 15) is 0 Å². The molecule has 5 heteroatoms. The Morgan fingerprint density at radius 3 is 2.11 bits per heavy atom. The second-order valence-electron chi connectivity index (χ2n) is 12.7. The van der Waals surface area contributed by atoms with Crippen molar-refractivity contribution < 1.29 is 0 Å². The SMILES string of the molecule is CC1(C)c2ccccc2-c2ccc(-c3nc(N4c5ccccc5-c5nccc6c5c4nc4ccccc46)nc4ccccc34)cc21. The molecule has 0 saturated heterocycles. The summed E-state index contributed by atoms with van der Waals surface area (Å²) >= 11 is 0. The van der Waals surface area contributed by atoms with Gasteiger partial charge in [0.25, 0.3) is 0 Å². The second kappa shape index (κ2) is 9.05. The van der Waals surface area contributed by atoms with Gasteiger partial charge in [0, 0.05) is 33.5 Å². The zero-order valence-corrected chi connectivity index (χ0v) is 25.4. The van der Waals surface area contributed by atoms with E-state index in [0.717, 1.165) is 66.6 Å². The summed E-state index contributed by atoms with van der Waals surface area (Å²) in [5, 5.41) is 4.25. The molecule has 46 heavy (non-hydrogen) atoms. The Labute approximate surface area is 265 Å². The molecule has 0 fully saturated rings. The molecular weight excluding hydrogens is 562 g/mol. The number of fused-ring (bicyclic) bond motifs is 8. The van der Waals surface area contributed by atoms with Crippen molar-refractivity contribution in [3.8, 4) is 33.6 Å².